The molecular formula is C39H36BN2O2. The fourth-order valence-electron chi connectivity index (χ4n) is 8.04. The molecule has 5 aromatic carbocycles. The zero-order valence-electron chi connectivity index (χ0n) is 26.1. The van der Waals surface area contributed by atoms with Gasteiger partial charge in [0.2, 0.25) is 0 Å². The van der Waals surface area contributed by atoms with Crippen LogP contribution in [-0.4, -0.2) is 12.7 Å². The van der Waals surface area contributed by atoms with E-state index in [4.69, 9.17) is 4.65 Å². The van der Waals surface area contributed by atoms with Gasteiger partial charge in [0.25, 0.3) is 0 Å². The van der Waals surface area contributed by atoms with Crippen LogP contribution in [-0.2, 0) is 16.2 Å². The van der Waals surface area contributed by atoms with E-state index in [1.54, 1.807) is 0 Å². The Morgan fingerprint density at radius 1 is 0.523 bits per heavy atom. The Bertz CT molecular complexity index is 1920. The van der Waals surface area contributed by atoms with Crippen LogP contribution in [0.25, 0.3) is 0 Å². The van der Waals surface area contributed by atoms with Gasteiger partial charge in [-0.1, -0.05) is 96.1 Å². The Morgan fingerprint density at radius 3 is 1.39 bits per heavy atom. The number of hydrogen-bond donors (Lipinski definition) is 1. The maximum atomic E-state index is 9.68. The molecule has 3 aliphatic rings. The van der Waals surface area contributed by atoms with Crippen molar-refractivity contribution in [3.05, 3.63) is 137 Å². The highest BCUT2D eigenvalue weighted by Crippen LogP contribution is 2.67. The van der Waals surface area contributed by atoms with E-state index >= 15 is 0 Å². The van der Waals surface area contributed by atoms with Gasteiger partial charge < -0.3 is 19.5 Å². The molecule has 5 aromatic rings. The van der Waals surface area contributed by atoms with Crippen LogP contribution in [0.4, 0.5) is 34.1 Å². The SMILES string of the molecule is CC1(C)c2cccc3c2N2c4c1cc(O[B]O)cc4C(C)(C)c1cc(N(c4ccccc4)c4ccccc4)cc(c12)C3(C)C. The van der Waals surface area contributed by atoms with E-state index in [0.29, 0.717) is 5.75 Å². The first-order chi connectivity index (χ1) is 21.1. The molecule has 1 N–H and O–H groups in total. The maximum Gasteiger partial charge on any atom is 0.569 e. The first kappa shape index (κ1) is 27.1. The zero-order chi connectivity index (χ0) is 30.6. The highest BCUT2D eigenvalue weighted by atomic mass is 16.5. The molecule has 0 fully saturated rings. The van der Waals surface area contributed by atoms with Crippen molar-refractivity contribution in [2.75, 3.05) is 9.80 Å². The second-order valence-corrected chi connectivity index (χ2v) is 13.9. The van der Waals surface area contributed by atoms with Gasteiger partial charge in [0.05, 0.1) is 17.1 Å². The summed E-state index contributed by atoms with van der Waals surface area (Å²) in [5.74, 6) is 0.648. The molecule has 0 unspecified atom stereocenters. The zero-order valence-corrected chi connectivity index (χ0v) is 26.1. The van der Waals surface area contributed by atoms with Crippen LogP contribution in [0.3, 0.4) is 0 Å². The lowest BCUT2D eigenvalue weighted by Crippen LogP contribution is -2.43. The molecule has 0 saturated heterocycles. The van der Waals surface area contributed by atoms with E-state index < -0.39 is 0 Å². The Labute approximate surface area is 260 Å². The standard InChI is InChI=1S/C39H36BN2O2/c1-37(2)28-18-13-19-29-34(28)42-35-30(37)20-26(41(24-14-9-7-10-15-24)25-16-11-8-12-17-25)21-31(35)39(5,6)33-23-27(44-40-43)22-32(36(33)42)38(29,3)4/h7-23,43H,1-6H3. The summed E-state index contributed by atoms with van der Waals surface area (Å²) < 4.78 is 5.69. The van der Waals surface area contributed by atoms with Gasteiger partial charge in [0.1, 0.15) is 5.75 Å². The van der Waals surface area contributed by atoms with Gasteiger partial charge in [-0.05, 0) is 81.9 Å². The Hall–Kier alpha value is -4.48. The fourth-order valence-corrected chi connectivity index (χ4v) is 8.04. The highest BCUT2D eigenvalue weighted by Gasteiger charge is 2.52. The van der Waals surface area contributed by atoms with Crippen molar-refractivity contribution in [3.63, 3.8) is 0 Å². The van der Waals surface area contributed by atoms with Gasteiger partial charge in [-0.25, -0.2) is 0 Å². The van der Waals surface area contributed by atoms with Crippen molar-refractivity contribution in [2.45, 2.75) is 57.8 Å². The molecule has 0 aliphatic carbocycles. The molecule has 1 radical (unpaired) electrons. The molecule has 217 valence electrons. The van der Waals surface area contributed by atoms with Crippen LogP contribution < -0.4 is 14.5 Å². The third-order valence-corrected chi connectivity index (χ3v) is 10.4. The van der Waals surface area contributed by atoms with E-state index in [0.717, 1.165) is 24.7 Å². The summed E-state index contributed by atoms with van der Waals surface area (Å²) in [5, 5.41) is 9.68. The van der Waals surface area contributed by atoms with Gasteiger partial charge in [-0.15, -0.1) is 0 Å². The van der Waals surface area contributed by atoms with E-state index in [1.165, 1.54) is 50.4 Å². The maximum absolute atomic E-state index is 9.68. The molecule has 4 nitrogen and oxygen atoms in total. The third-order valence-electron chi connectivity index (χ3n) is 10.4. The molecule has 0 amide bonds. The first-order valence-corrected chi connectivity index (χ1v) is 15.4. The second-order valence-electron chi connectivity index (χ2n) is 13.9. The molecule has 0 spiro atoms. The van der Waals surface area contributed by atoms with Crippen LogP contribution in [0, 0.1) is 0 Å². The number of benzene rings is 5. The Morgan fingerprint density at radius 2 is 0.932 bits per heavy atom. The summed E-state index contributed by atoms with van der Waals surface area (Å²) in [4.78, 5) is 4.92. The number of hydrogen-bond acceptors (Lipinski definition) is 4. The van der Waals surface area contributed by atoms with Crippen molar-refractivity contribution in [3.8, 4) is 5.75 Å². The lowest BCUT2D eigenvalue weighted by Gasteiger charge is -2.55. The number of nitrogens with zero attached hydrogens (tertiary/aromatic N) is 2. The molecule has 8 rings (SSSR count). The molecule has 0 saturated carbocycles. The molecule has 5 heteroatoms. The largest absolute Gasteiger partial charge is 0.569 e. The number of rotatable bonds is 5. The van der Waals surface area contributed by atoms with Crippen LogP contribution >= 0.6 is 0 Å². The summed E-state index contributed by atoms with van der Waals surface area (Å²) in [5.41, 5.74) is 14.0. The van der Waals surface area contributed by atoms with Gasteiger partial charge >= 0.3 is 7.69 Å². The quantitative estimate of drug-likeness (QED) is 0.212. The van der Waals surface area contributed by atoms with Gasteiger partial charge in [0.15, 0.2) is 0 Å². The molecule has 3 heterocycles. The topological polar surface area (TPSA) is 35.9 Å². The minimum absolute atomic E-state index is 0.239. The van der Waals surface area contributed by atoms with E-state index in [9.17, 15) is 5.02 Å². The molecule has 0 bridgehead atoms. The number of anilines is 6. The third kappa shape index (κ3) is 3.45. The van der Waals surface area contributed by atoms with Crippen LogP contribution in [0.1, 0.15) is 74.9 Å². The van der Waals surface area contributed by atoms with Crippen LogP contribution in [0.5, 0.6) is 5.75 Å². The summed E-state index contributed by atoms with van der Waals surface area (Å²) >= 11 is 0. The summed E-state index contributed by atoms with van der Waals surface area (Å²) in [6.45, 7) is 14.1. The van der Waals surface area contributed by atoms with Crippen molar-refractivity contribution < 1.29 is 9.68 Å². The predicted molar refractivity (Wildman–Crippen MR) is 181 cm³/mol. The molecule has 44 heavy (non-hydrogen) atoms. The van der Waals surface area contributed by atoms with E-state index in [2.05, 4.69) is 154 Å². The lowest BCUT2D eigenvalue weighted by molar-refractivity contribution is 0.450. The minimum Gasteiger partial charge on any atom is -0.537 e. The monoisotopic (exact) mass is 575 g/mol. The second kappa shape index (κ2) is 9.03. The van der Waals surface area contributed by atoms with Crippen molar-refractivity contribution >= 4 is 41.8 Å². The van der Waals surface area contributed by atoms with Crippen molar-refractivity contribution in [1.82, 2.24) is 0 Å². The lowest BCUT2D eigenvalue weighted by atomic mass is 9.60. The molecular weight excluding hydrogens is 539 g/mol. The van der Waals surface area contributed by atoms with Crippen LogP contribution in [0.15, 0.2) is 103 Å². The predicted octanol–water partition coefficient (Wildman–Crippen LogP) is 9.45. The van der Waals surface area contributed by atoms with E-state index in [1.807, 2.05) is 0 Å². The normalized spacial score (nSPS) is 17.0. The summed E-state index contributed by atoms with van der Waals surface area (Å²) in [6.07, 6.45) is 0. The minimum atomic E-state index is -0.357. The Balaban J connectivity index is 1.50. The molecule has 0 aromatic heterocycles. The van der Waals surface area contributed by atoms with Crippen molar-refractivity contribution in [1.29, 1.82) is 0 Å². The summed E-state index contributed by atoms with van der Waals surface area (Å²) in [6, 6.07) is 37.2. The summed E-state index contributed by atoms with van der Waals surface area (Å²) in [7, 11) is 0.789. The average Bonchev–Trinajstić information content (AvgIpc) is 3.01. The van der Waals surface area contributed by atoms with Gasteiger partial charge in [-0.3, -0.25) is 0 Å². The fraction of sp³-hybridized carbons (Fsp3) is 0.231. The molecule has 3 aliphatic heterocycles. The highest BCUT2D eigenvalue weighted by molar-refractivity contribution is 6.17. The smallest absolute Gasteiger partial charge is 0.537 e. The molecule has 0 atom stereocenters. The van der Waals surface area contributed by atoms with Gasteiger partial charge in [0, 0.05) is 33.3 Å². The average molecular weight is 576 g/mol. The Kier molecular flexibility index (Phi) is 5.56. The van der Waals surface area contributed by atoms with Crippen molar-refractivity contribution in [2.24, 2.45) is 0 Å². The van der Waals surface area contributed by atoms with Gasteiger partial charge in [-0.2, -0.15) is 0 Å². The first-order valence-electron chi connectivity index (χ1n) is 15.4. The van der Waals surface area contributed by atoms with Crippen LogP contribution in [0.2, 0.25) is 0 Å². The van der Waals surface area contributed by atoms with E-state index in [-0.39, 0.29) is 16.2 Å². The number of para-hydroxylation sites is 3.